The van der Waals surface area contributed by atoms with E-state index in [4.69, 9.17) is 5.41 Å². The van der Waals surface area contributed by atoms with Gasteiger partial charge in [-0.1, -0.05) is 43.7 Å². The standard InChI is InChI=1S/C22H25N3OS/c1-3-22(2,15-24)18-7-4-6-16(8-9-18)19-13-21-25(10-5-11-27-21)20(26)12-17(19)14-23/h4,6,8-9,13,15,24H,3,5,7,10-12H2,1-2H3. The molecule has 1 aliphatic carbocycles. The van der Waals surface area contributed by atoms with Gasteiger partial charge in [0.05, 0.1) is 17.5 Å². The summed E-state index contributed by atoms with van der Waals surface area (Å²) >= 11 is 1.69. The molecule has 2 aliphatic heterocycles. The molecule has 2 heterocycles. The lowest BCUT2D eigenvalue weighted by Crippen LogP contribution is -2.32. The van der Waals surface area contributed by atoms with Gasteiger partial charge in [-0.3, -0.25) is 4.79 Å². The smallest absolute Gasteiger partial charge is 0.232 e. The highest BCUT2D eigenvalue weighted by molar-refractivity contribution is 8.03. The van der Waals surface area contributed by atoms with E-state index in [1.165, 1.54) is 11.8 Å². The van der Waals surface area contributed by atoms with Crippen molar-refractivity contribution in [3.05, 3.63) is 57.7 Å². The lowest BCUT2D eigenvalue weighted by atomic mass is 9.79. The molecule has 0 aromatic carbocycles. The molecule has 4 nitrogen and oxygen atoms in total. The van der Waals surface area contributed by atoms with E-state index >= 15 is 0 Å². The average Bonchev–Trinajstić information content (AvgIpc) is 3.03. The van der Waals surface area contributed by atoms with Crippen LogP contribution in [0, 0.1) is 22.2 Å². The molecule has 3 aliphatic rings. The summed E-state index contributed by atoms with van der Waals surface area (Å²) in [6.07, 6.45) is 14.6. The van der Waals surface area contributed by atoms with Crippen LogP contribution in [0.1, 0.15) is 39.5 Å². The Labute approximate surface area is 165 Å². The minimum Gasteiger partial charge on any atom is -0.312 e. The van der Waals surface area contributed by atoms with Crippen molar-refractivity contribution in [2.45, 2.75) is 39.5 Å². The molecule has 0 bridgehead atoms. The maximum atomic E-state index is 12.6. The molecule has 1 fully saturated rings. The van der Waals surface area contributed by atoms with Gasteiger partial charge in [0, 0.05) is 29.5 Å². The van der Waals surface area contributed by atoms with Gasteiger partial charge in [0.2, 0.25) is 5.91 Å². The number of carbonyl (C=O) groups is 1. The van der Waals surface area contributed by atoms with Crippen LogP contribution in [-0.4, -0.2) is 29.3 Å². The molecular weight excluding hydrogens is 354 g/mol. The molecule has 1 unspecified atom stereocenters. The Morgan fingerprint density at radius 1 is 1.44 bits per heavy atom. The Morgan fingerprint density at radius 2 is 2.26 bits per heavy atom. The van der Waals surface area contributed by atoms with Crippen LogP contribution in [0.25, 0.3) is 0 Å². The number of amides is 1. The van der Waals surface area contributed by atoms with E-state index in [9.17, 15) is 10.1 Å². The number of allylic oxidation sites excluding steroid dienone is 8. The number of fused-ring (bicyclic) bond motifs is 1. The van der Waals surface area contributed by atoms with Crippen molar-refractivity contribution >= 4 is 23.9 Å². The summed E-state index contributed by atoms with van der Waals surface area (Å²) in [4.78, 5) is 14.4. The summed E-state index contributed by atoms with van der Waals surface area (Å²) < 4.78 is 0. The molecule has 140 valence electrons. The van der Waals surface area contributed by atoms with Gasteiger partial charge in [-0.15, -0.1) is 11.8 Å². The SMILES string of the molecule is CCC(C)(C=N)C1=CC=C(C2=C(C#N)CC(=O)N3CCCSC3=C2)C=CC1. The van der Waals surface area contributed by atoms with Gasteiger partial charge in [0.1, 0.15) is 0 Å². The third kappa shape index (κ3) is 3.86. The second-order valence-corrected chi connectivity index (χ2v) is 8.36. The first-order valence-corrected chi connectivity index (χ1v) is 10.4. The number of nitriles is 1. The number of hydrogen-bond acceptors (Lipinski definition) is 4. The van der Waals surface area contributed by atoms with Gasteiger partial charge < -0.3 is 10.3 Å². The first kappa shape index (κ1) is 19.4. The van der Waals surface area contributed by atoms with Gasteiger partial charge >= 0.3 is 0 Å². The molecule has 1 amide bonds. The quantitative estimate of drug-likeness (QED) is 0.707. The van der Waals surface area contributed by atoms with E-state index < -0.39 is 0 Å². The van der Waals surface area contributed by atoms with Crippen molar-refractivity contribution in [2.24, 2.45) is 5.41 Å². The number of nitrogens with one attached hydrogen (secondary N) is 1. The highest BCUT2D eigenvalue weighted by Gasteiger charge is 2.28. The van der Waals surface area contributed by atoms with Crippen LogP contribution >= 0.6 is 11.8 Å². The van der Waals surface area contributed by atoms with Gasteiger partial charge in [0.25, 0.3) is 0 Å². The molecule has 0 spiro atoms. The zero-order valence-electron chi connectivity index (χ0n) is 15.9. The summed E-state index contributed by atoms with van der Waals surface area (Å²) in [6.45, 7) is 4.91. The molecule has 0 radical (unpaired) electrons. The zero-order valence-corrected chi connectivity index (χ0v) is 16.7. The maximum Gasteiger partial charge on any atom is 0.232 e. The van der Waals surface area contributed by atoms with Crippen molar-refractivity contribution in [3.8, 4) is 6.07 Å². The number of hydrogen-bond donors (Lipinski definition) is 1. The second kappa shape index (κ2) is 8.14. The minimum absolute atomic E-state index is 0.0109. The molecule has 1 saturated heterocycles. The van der Waals surface area contributed by atoms with Crippen LogP contribution in [0.2, 0.25) is 0 Å². The summed E-state index contributed by atoms with van der Waals surface area (Å²) in [5.74, 6) is 1.01. The van der Waals surface area contributed by atoms with Crippen LogP contribution in [-0.2, 0) is 4.79 Å². The van der Waals surface area contributed by atoms with Crippen LogP contribution < -0.4 is 0 Å². The Hall–Kier alpha value is -2.32. The Bertz CT molecular complexity index is 853. The normalized spacial score (nSPS) is 22.5. The predicted octanol–water partition coefficient (Wildman–Crippen LogP) is 4.90. The summed E-state index contributed by atoms with van der Waals surface area (Å²) in [5.41, 5.74) is 3.27. The number of thioether (sulfide) groups is 1. The molecule has 3 rings (SSSR count). The number of nitrogens with zero attached hydrogens (tertiary/aromatic N) is 2. The molecule has 0 aromatic rings. The lowest BCUT2D eigenvalue weighted by Gasteiger charge is -2.28. The zero-order chi connectivity index (χ0) is 19.4. The van der Waals surface area contributed by atoms with E-state index in [1.54, 1.807) is 11.8 Å². The van der Waals surface area contributed by atoms with Crippen molar-refractivity contribution in [3.63, 3.8) is 0 Å². The van der Waals surface area contributed by atoms with Crippen LogP contribution in [0.15, 0.2) is 57.7 Å². The molecule has 0 aromatic heterocycles. The van der Waals surface area contributed by atoms with Crippen LogP contribution in [0.3, 0.4) is 0 Å². The Balaban J connectivity index is 2.06. The first-order chi connectivity index (χ1) is 13.0. The number of rotatable bonds is 4. The minimum atomic E-state index is -0.253. The molecule has 5 heteroatoms. The highest BCUT2D eigenvalue weighted by Crippen LogP contribution is 2.37. The van der Waals surface area contributed by atoms with E-state index in [2.05, 4.69) is 32.1 Å². The van der Waals surface area contributed by atoms with Gasteiger partial charge in [-0.05, 0) is 36.5 Å². The third-order valence-corrected chi connectivity index (χ3v) is 6.72. The van der Waals surface area contributed by atoms with Crippen molar-refractivity contribution in [1.82, 2.24) is 4.90 Å². The summed E-state index contributed by atoms with van der Waals surface area (Å²) in [6, 6.07) is 2.26. The molecule has 27 heavy (non-hydrogen) atoms. The van der Waals surface area contributed by atoms with Crippen LogP contribution in [0.4, 0.5) is 0 Å². The fraction of sp³-hybridized carbons (Fsp3) is 0.409. The largest absolute Gasteiger partial charge is 0.312 e. The first-order valence-electron chi connectivity index (χ1n) is 9.40. The highest BCUT2D eigenvalue weighted by atomic mass is 32.2. The topological polar surface area (TPSA) is 68.0 Å². The molecule has 1 atom stereocenters. The Kier molecular flexibility index (Phi) is 5.86. The average molecular weight is 380 g/mol. The monoisotopic (exact) mass is 379 g/mol. The van der Waals surface area contributed by atoms with E-state index in [0.717, 1.165) is 47.7 Å². The van der Waals surface area contributed by atoms with Crippen molar-refractivity contribution in [2.75, 3.05) is 12.3 Å². The lowest BCUT2D eigenvalue weighted by molar-refractivity contribution is -0.128. The van der Waals surface area contributed by atoms with Crippen molar-refractivity contribution in [1.29, 1.82) is 10.7 Å². The fourth-order valence-electron chi connectivity index (χ4n) is 3.52. The molecular formula is C22H25N3OS. The van der Waals surface area contributed by atoms with E-state index in [0.29, 0.717) is 5.57 Å². The molecule has 0 saturated carbocycles. The second-order valence-electron chi connectivity index (χ2n) is 7.25. The van der Waals surface area contributed by atoms with Crippen LogP contribution in [0.5, 0.6) is 0 Å². The maximum absolute atomic E-state index is 12.6. The fourth-order valence-corrected chi connectivity index (χ4v) is 4.55. The van der Waals surface area contributed by atoms with E-state index in [1.807, 2.05) is 23.1 Å². The summed E-state index contributed by atoms with van der Waals surface area (Å²) in [7, 11) is 0. The predicted molar refractivity (Wildman–Crippen MR) is 111 cm³/mol. The van der Waals surface area contributed by atoms with Gasteiger partial charge in [-0.2, -0.15) is 5.26 Å². The van der Waals surface area contributed by atoms with E-state index in [-0.39, 0.29) is 17.7 Å². The third-order valence-electron chi connectivity index (χ3n) is 5.60. The Morgan fingerprint density at radius 3 is 2.96 bits per heavy atom. The van der Waals surface area contributed by atoms with Crippen molar-refractivity contribution < 1.29 is 4.79 Å². The van der Waals surface area contributed by atoms with Gasteiger partial charge in [0.15, 0.2) is 0 Å². The van der Waals surface area contributed by atoms with Gasteiger partial charge in [-0.25, -0.2) is 0 Å². The number of carbonyl (C=O) groups excluding carboxylic acids is 1. The summed E-state index contributed by atoms with van der Waals surface area (Å²) in [5, 5.41) is 18.4. The molecule has 1 N–H and O–H groups in total.